The number of benzene rings is 2. The first-order chi connectivity index (χ1) is 8.84. The summed E-state index contributed by atoms with van der Waals surface area (Å²) in [5.41, 5.74) is 3.24. The highest BCUT2D eigenvalue weighted by Crippen LogP contribution is 2.29. The van der Waals surface area contributed by atoms with Crippen LogP contribution in [-0.4, -0.2) is 0 Å². The summed E-state index contributed by atoms with van der Waals surface area (Å²) < 4.78 is 5.80. The van der Waals surface area contributed by atoms with Crippen LogP contribution < -0.4 is 4.98 Å². The SMILES string of the molecule is Cc1[nH+]c(-c2ccccc2)c(-c2ccccc2)o1. The van der Waals surface area contributed by atoms with Gasteiger partial charge in [-0.3, -0.25) is 0 Å². The standard InChI is InChI=1S/C16H13NO/c1-12-17-15(13-8-4-2-5-9-13)16(18-12)14-10-6-3-7-11-14/h2-11H,1H3/p+1. The second-order valence-electron chi connectivity index (χ2n) is 4.22. The zero-order valence-electron chi connectivity index (χ0n) is 10.2. The Labute approximate surface area is 106 Å². The van der Waals surface area contributed by atoms with E-state index in [1.165, 1.54) is 0 Å². The van der Waals surface area contributed by atoms with Gasteiger partial charge in [0.1, 0.15) is 0 Å². The first kappa shape index (κ1) is 10.8. The average molecular weight is 236 g/mol. The maximum absolute atomic E-state index is 5.80. The van der Waals surface area contributed by atoms with Crippen molar-refractivity contribution in [2.45, 2.75) is 6.92 Å². The summed E-state index contributed by atoms with van der Waals surface area (Å²) in [6.45, 7) is 1.93. The first-order valence-electron chi connectivity index (χ1n) is 5.98. The van der Waals surface area contributed by atoms with Gasteiger partial charge in [-0.15, -0.1) is 0 Å². The van der Waals surface area contributed by atoms with E-state index in [1.54, 1.807) is 0 Å². The third-order valence-electron chi connectivity index (χ3n) is 2.88. The van der Waals surface area contributed by atoms with Gasteiger partial charge in [0.25, 0.3) is 5.69 Å². The fraction of sp³-hybridized carbons (Fsp3) is 0.0625. The van der Waals surface area contributed by atoms with E-state index in [-0.39, 0.29) is 0 Å². The van der Waals surface area contributed by atoms with E-state index < -0.39 is 0 Å². The van der Waals surface area contributed by atoms with Crippen molar-refractivity contribution in [3.05, 3.63) is 66.6 Å². The molecule has 18 heavy (non-hydrogen) atoms. The Morgan fingerprint density at radius 1 is 0.778 bits per heavy atom. The van der Waals surface area contributed by atoms with Crippen LogP contribution in [0.4, 0.5) is 0 Å². The zero-order valence-corrected chi connectivity index (χ0v) is 10.2. The summed E-state index contributed by atoms with van der Waals surface area (Å²) in [7, 11) is 0. The summed E-state index contributed by atoms with van der Waals surface area (Å²) in [5.74, 6) is 1.70. The fourth-order valence-corrected chi connectivity index (χ4v) is 2.06. The molecule has 1 aromatic heterocycles. The lowest BCUT2D eigenvalue weighted by Crippen LogP contribution is -2.04. The van der Waals surface area contributed by atoms with Crippen LogP contribution in [0.3, 0.4) is 0 Å². The van der Waals surface area contributed by atoms with Crippen LogP contribution in [0.5, 0.6) is 0 Å². The molecule has 0 aliphatic carbocycles. The minimum absolute atomic E-state index is 0.813. The molecule has 0 aliphatic heterocycles. The lowest BCUT2D eigenvalue weighted by atomic mass is 10.1. The van der Waals surface area contributed by atoms with Gasteiger partial charge in [-0.2, -0.15) is 4.98 Å². The van der Waals surface area contributed by atoms with Crippen molar-refractivity contribution in [1.82, 2.24) is 0 Å². The lowest BCUT2D eigenvalue weighted by molar-refractivity contribution is -0.382. The van der Waals surface area contributed by atoms with Crippen LogP contribution in [0.2, 0.25) is 0 Å². The quantitative estimate of drug-likeness (QED) is 0.666. The number of hydrogen-bond donors (Lipinski definition) is 0. The van der Waals surface area contributed by atoms with Crippen LogP contribution >= 0.6 is 0 Å². The third-order valence-corrected chi connectivity index (χ3v) is 2.88. The summed E-state index contributed by atoms with van der Waals surface area (Å²) in [5, 5.41) is 0. The van der Waals surface area contributed by atoms with Gasteiger partial charge in [-0.25, -0.2) is 0 Å². The molecule has 0 bridgehead atoms. The predicted octanol–water partition coefficient (Wildman–Crippen LogP) is 3.74. The van der Waals surface area contributed by atoms with Gasteiger partial charge in [-0.1, -0.05) is 48.5 Å². The molecule has 1 N–H and O–H groups in total. The highest BCUT2D eigenvalue weighted by atomic mass is 16.4. The van der Waals surface area contributed by atoms with E-state index >= 15 is 0 Å². The van der Waals surface area contributed by atoms with Crippen LogP contribution in [-0.2, 0) is 0 Å². The Morgan fingerprint density at radius 2 is 1.33 bits per heavy atom. The minimum Gasteiger partial charge on any atom is -0.401 e. The van der Waals surface area contributed by atoms with Crippen molar-refractivity contribution in [3.8, 4) is 22.6 Å². The van der Waals surface area contributed by atoms with Crippen molar-refractivity contribution >= 4 is 0 Å². The molecule has 0 fully saturated rings. The number of aromatic nitrogens is 1. The van der Waals surface area contributed by atoms with Gasteiger partial charge < -0.3 is 4.42 Å². The monoisotopic (exact) mass is 236 g/mol. The summed E-state index contributed by atoms with van der Waals surface area (Å²) >= 11 is 0. The van der Waals surface area contributed by atoms with E-state index in [2.05, 4.69) is 29.2 Å². The van der Waals surface area contributed by atoms with Crippen LogP contribution in [0.15, 0.2) is 65.1 Å². The van der Waals surface area contributed by atoms with Crippen LogP contribution in [0.25, 0.3) is 22.6 Å². The maximum Gasteiger partial charge on any atom is 0.343 e. The highest BCUT2D eigenvalue weighted by molar-refractivity contribution is 5.74. The molecule has 3 rings (SSSR count). The van der Waals surface area contributed by atoms with Gasteiger partial charge in [0.2, 0.25) is 5.76 Å². The van der Waals surface area contributed by atoms with Crippen molar-refractivity contribution < 1.29 is 9.40 Å². The van der Waals surface area contributed by atoms with Crippen LogP contribution in [0.1, 0.15) is 5.89 Å². The Hall–Kier alpha value is -2.35. The number of hydrogen-bond acceptors (Lipinski definition) is 1. The van der Waals surface area contributed by atoms with Gasteiger partial charge in [-0.05, 0) is 12.1 Å². The number of oxazole rings is 1. The molecule has 0 radical (unpaired) electrons. The Morgan fingerprint density at radius 3 is 1.94 bits per heavy atom. The fourth-order valence-electron chi connectivity index (χ4n) is 2.06. The van der Waals surface area contributed by atoms with Gasteiger partial charge in [0, 0.05) is 5.56 Å². The van der Waals surface area contributed by atoms with E-state index in [1.807, 2.05) is 43.3 Å². The normalized spacial score (nSPS) is 10.5. The highest BCUT2D eigenvalue weighted by Gasteiger charge is 2.20. The molecule has 0 amide bonds. The molecule has 1 heterocycles. The summed E-state index contributed by atoms with van der Waals surface area (Å²) in [6.07, 6.45) is 0. The molecule has 0 saturated carbocycles. The van der Waals surface area contributed by atoms with E-state index in [0.717, 1.165) is 28.5 Å². The zero-order chi connectivity index (χ0) is 12.4. The maximum atomic E-state index is 5.80. The molecule has 0 aliphatic rings. The topological polar surface area (TPSA) is 27.3 Å². The Kier molecular flexibility index (Phi) is 2.69. The number of H-pyrrole nitrogens is 1. The molecule has 88 valence electrons. The molecular weight excluding hydrogens is 222 g/mol. The largest absolute Gasteiger partial charge is 0.401 e. The average Bonchev–Trinajstić information content (AvgIpc) is 2.83. The van der Waals surface area contributed by atoms with E-state index in [4.69, 9.17) is 4.42 Å². The second-order valence-corrected chi connectivity index (χ2v) is 4.22. The molecule has 3 aromatic rings. The van der Waals surface area contributed by atoms with Crippen molar-refractivity contribution in [2.75, 3.05) is 0 Å². The smallest absolute Gasteiger partial charge is 0.343 e. The lowest BCUT2D eigenvalue weighted by Gasteiger charge is -1.96. The molecular formula is C16H14NO+. The summed E-state index contributed by atoms with van der Waals surface area (Å²) in [6, 6.07) is 20.4. The molecule has 2 nitrogen and oxygen atoms in total. The summed E-state index contributed by atoms with van der Waals surface area (Å²) in [4.78, 5) is 3.29. The molecule has 0 unspecified atom stereocenters. The van der Waals surface area contributed by atoms with Crippen LogP contribution in [0, 0.1) is 6.92 Å². The predicted molar refractivity (Wildman–Crippen MR) is 70.9 cm³/mol. The van der Waals surface area contributed by atoms with Crippen molar-refractivity contribution in [2.24, 2.45) is 0 Å². The molecule has 0 atom stereocenters. The number of nitrogens with one attached hydrogen (secondary N) is 1. The van der Waals surface area contributed by atoms with Crippen molar-refractivity contribution in [1.29, 1.82) is 0 Å². The number of aryl methyl sites for hydroxylation is 1. The molecule has 0 spiro atoms. The number of aromatic amines is 1. The van der Waals surface area contributed by atoms with E-state index in [9.17, 15) is 0 Å². The Balaban J connectivity index is 2.17. The van der Waals surface area contributed by atoms with Gasteiger partial charge in [0.15, 0.2) is 0 Å². The van der Waals surface area contributed by atoms with Gasteiger partial charge >= 0.3 is 5.89 Å². The molecule has 2 heteroatoms. The van der Waals surface area contributed by atoms with E-state index in [0.29, 0.717) is 0 Å². The molecule has 0 saturated heterocycles. The second kappa shape index (κ2) is 4.49. The third kappa shape index (κ3) is 1.93. The minimum atomic E-state index is 0.813. The Bertz CT molecular complexity index is 584. The van der Waals surface area contributed by atoms with Gasteiger partial charge in [0.05, 0.1) is 12.5 Å². The first-order valence-corrected chi connectivity index (χ1v) is 5.98. The number of rotatable bonds is 2. The molecule has 2 aromatic carbocycles. The van der Waals surface area contributed by atoms with Crippen molar-refractivity contribution in [3.63, 3.8) is 0 Å².